The molecule has 0 atom stereocenters. The molecule has 1 saturated carbocycles. The molecule has 2 aliphatic rings. The van der Waals surface area contributed by atoms with E-state index in [1.807, 2.05) is 12.1 Å². The lowest BCUT2D eigenvalue weighted by atomic mass is 9.97. The first-order valence-corrected chi connectivity index (χ1v) is 11.0. The maximum Gasteiger partial charge on any atom is 0.309 e. The van der Waals surface area contributed by atoms with Crippen LogP contribution in [-0.2, 0) is 19.1 Å². The van der Waals surface area contributed by atoms with Gasteiger partial charge in [0.05, 0.1) is 19.6 Å². The van der Waals surface area contributed by atoms with Crippen LogP contribution >= 0.6 is 0 Å². The molecule has 2 amide bonds. The zero-order valence-corrected chi connectivity index (χ0v) is 18.4. The van der Waals surface area contributed by atoms with E-state index < -0.39 is 0 Å². The number of hydrogen-bond donors (Lipinski definition) is 0. The van der Waals surface area contributed by atoms with Gasteiger partial charge in [0.15, 0.2) is 18.1 Å². The minimum atomic E-state index is -0.171. The third kappa shape index (κ3) is 6.35. The van der Waals surface area contributed by atoms with E-state index in [1.165, 1.54) is 0 Å². The first-order valence-electron chi connectivity index (χ1n) is 11.0. The van der Waals surface area contributed by atoms with Crippen molar-refractivity contribution in [3.63, 3.8) is 0 Å². The van der Waals surface area contributed by atoms with Gasteiger partial charge < -0.3 is 24.0 Å². The molecule has 8 nitrogen and oxygen atoms in total. The monoisotopic (exact) mass is 432 g/mol. The number of amides is 2. The second-order valence-corrected chi connectivity index (χ2v) is 7.91. The average molecular weight is 433 g/mol. The molecular formula is C23H32N2O6. The Hall–Kier alpha value is -2.77. The number of carbonyl (C=O) groups excluding carboxylic acids is 3. The molecule has 1 saturated heterocycles. The zero-order valence-electron chi connectivity index (χ0n) is 18.4. The molecule has 1 aromatic carbocycles. The van der Waals surface area contributed by atoms with Crippen molar-refractivity contribution in [3.05, 3.63) is 24.3 Å². The van der Waals surface area contributed by atoms with E-state index in [1.54, 1.807) is 36.0 Å². The van der Waals surface area contributed by atoms with Crippen molar-refractivity contribution in [2.75, 3.05) is 40.0 Å². The maximum atomic E-state index is 12.7. The highest BCUT2D eigenvalue weighted by Gasteiger charge is 2.34. The Kier molecular flexibility index (Phi) is 8.14. The van der Waals surface area contributed by atoms with Gasteiger partial charge in [0.2, 0.25) is 5.91 Å². The Balaban J connectivity index is 1.45. The summed E-state index contributed by atoms with van der Waals surface area (Å²) >= 11 is 0. The Morgan fingerprint density at radius 2 is 1.74 bits per heavy atom. The summed E-state index contributed by atoms with van der Waals surface area (Å²) in [5.41, 5.74) is 0. The third-order valence-corrected chi connectivity index (χ3v) is 5.76. The lowest BCUT2D eigenvalue weighted by Gasteiger charge is -2.31. The minimum Gasteiger partial charge on any atom is -0.493 e. The topological polar surface area (TPSA) is 85.4 Å². The van der Waals surface area contributed by atoms with Gasteiger partial charge in [0, 0.05) is 32.1 Å². The fourth-order valence-corrected chi connectivity index (χ4v) is 3.86. The number of hydrogen-bond acceptors (Lipinski definition) is 6. The Labute approximate surface area is 183 Å². The van der Waals surface area contributed by atoms with Crippen LogP contribution in [0.25, 0.3) is 0 Å². The summed E-state index contributed by atoms with van der Waals surface area (Å²) in [5, 5.41) is 0. The molecule has 3 rings (SSSR count). The van der Waals surface area contributed by atoms with E-state index in [0.717, 1.165) is 12.8 Å². The van der Waals surface area contributed by atoms with Gasteiger partial charge in [-0.3, -0.25) is 14.4 Å². The molecule has 1 heterocycles. The molecule has 8 heteroatoms. The van der Waals surface area contributed by atoms with Gasteiger partial charge in [-0.15, -0.1) is 0 Å². The summed E-state index contributed by atoms with van der Waals surface area (Å²) in [6.45, 7) is 3.58. The minimum absolute atomic E-state index is 0.0198. The van der Waals surface area contributed by atoms with Crippen molar-refractivity contribution in [2.45, 2.75) is 45.1 Å². The van der Waals surface area contributed by atoms with Crippen LogP contribution in [0.3, 0.4) is 0 Å². The molecule has 0 N–H and O–H groups in total. The molecule has 2 fully saturated rings. The number of ether oxygens (including phenoxy) is 3. The van der Waals surface area contributed by atoms with Crippen molar-refractivity contribution < 1.29 is 28.6 Å². The van der Waals surface area contributed by atoms with Gasteiger partial charge in [-0.1, -0.05) is 12.1 Å². The zero-order chi connectivity index (χ0) is 22.2. The largest absolute Gasteiger partial charge is 0.493 e. The number of piperidine rings is 1. The Morgan fingerprint density at radius 1 is 1.06 bits per heavy atom. The van der Waals surface area contributed by atoms with Crippen LogP contribution in [-0.4, -0.2) is 73.6 Å². The predicted octanol–water partition coefficient (Wildman–Crippen LogP) is 2.26. The first-order chi connectivity index (χ1) is 15.0. The van der Waals surface area contributed by atoms with Crippen molar-refractivity contribution >= 4 is 17.8 Å². The molecule has 1 aliphatic heterocycles. The number of rotatable bonds is 10. The number of benzene rings is 1. The highest BCUT2D eigenvalue weighted by molar-refractivity contribution is 5.81. The lowest BCUT2D eigenvalue weighted by molar-refractivity contribution is -0.151. The number of methoxy groups -OCH3 is 1. The fraction of sp³-hybridized carbons (Fsp3) is 0.609. The van der Waals surface area contributed by atoms with Gasteiger partial charge >= 0.3 is 5.97 Å². The van der Waals surface area contributed by atoms with Crippen molar-refractivity contribution in [3.8, 4) is 11.5 Å². The van der Waals surface area contributed by atoms with E-state index in [9.17, 15) is 14.4 Å². The number of nitrogens with zero attached hydrogens (tertiary/aromatic N) is 2. The van der Waals surface area contributed by atoms with Crippen LogP contribution in [0.2, 0.25) is 0 Å². The normalized spacial score (nSPS) is 16.5. The smallest absolute Gasteiger partial charge is 0.309 e. The van der Waals surface area contributed by atoms with E-state index in [-0.39, 0.29) is 42.8 Å². The molecule has 0 aromatic heterocycles. The van der Waals surface area contributed by atoms with Gasteiger partial charge in [0.1, 0.15) is 0 Å². The number of carbonyl (C=O) groups is 3. The molecule has 170 valence electrons. The Morgan fingerprint density at radius 3 is 2.35 bits per heavy atom. The molecule has 31 heavy (non-hydrogen) atoms. The summed E-state index contributed by atoms with van der Waals surface area (Å²) in [5.74, 6) is 0.703. The number of likely N-dealkylation sites (tertiary alicyclic amines) is 1. The van der Waals surface area contributed by atoms with E-state index >= 15 is 0 Å². The highest BCUT2D eigenvalue weighted by atomic mass is 16.5. The van der Waals surface area contributed by atoms with Crippen molar-refractivity contribution in [2.24, 2.45) is 5.92 Å². The molecule has 0 unspecified atom stereocenters. The maximum absolute atomic E-state index is 12.7. The standard InChI is InChI=1S/C23H32N2O6/c1-3-30-23(28)17-10-13-24(14-11-17)21(26)12-15-25(18-8-9-18)22(27)16-31-20-7-5-4-6-19(20)29-2/h4-7,17-18H,3,8-16H2,1-2H3. The summed E-state index contributed by atoms with van der Waals surface area (Å²) in [4.78, 5) is 40.8. The summed E-state index contributed by atoms with van der Waals surface area (Å²) < 4.78 is 16.0. The summed E-state index contributed by atoms with van der Waals surface area (Å²) in [6, 6.07) is 7.39. The lowest BCUT2D eigenvalue weighted by Crippen LogP contribution is -2.43. The van der Waals surface area contributed by atoms with Gasteiger partial charge in [0.25, 0.3) is 5.91 Å². The van der Waals surface area contributed by atoms with Crippen LogP contribution in [0, 0.1) is 5.92 Å². The van der Waals surface area contributed by atoms with Crippen LogP contribution < -0.4 is 9.47 Å². The number of para-hydroxylation sites is 2. The van der Waals surface area contributed by atoms with Gasteiger partial charge in [-0.2, -0.15) is 0 Å². The molecule has 1 aromatic rings. The summed E-state index contributed by atoms with van der Waals surface area (Å²) in [6.07, 6.45) is 3.45. The molecule has 0 spiro atoms. The van der Waals surface area contributed by atoms with Crippen LogP contribution in [0.1, 0.15) is 39.0 Å². The highest BCUT2D eigenvalue weighted by Crippen LogP contribution is 2.29. The number of esters is 1. The first kappa shape index (κ1) is 22.9. The molecular weight excluding hydrogens is 400 g/mol. The molecule has 0 bridgehead atoms. The summed E-state index contributed by atoms with van der Waals surface area (Å²) in [7, 11) is 1.56. The second kappa shape index (κ2) is 11.0. The van der Waals surface area contributed by atoms with Crippen LogP contribution in [0.5, 0.6) is 11.5 Å². The predicted molar refractivity (Wildman–Crippen MR) is 114 cm³/mol. The molecule has 0 radical (unpaired) electrons. The van der Waals surface area contributed by atoms with E-state index in [2.05, 4.69) is 0 Å². The van der Waals surface area contributed by atoms with Gasteiger partial charge in [-0.05, 0) is 44.7 Å². The Bertz CT molecular complexity index is 771. The van der Waals surface area contributed by atoms with E-state index in [0.29, 0.717) is 50.6 Å². The van der Waals surface area contributed by atoms with Crippen LogP contribution in [0.4, 0.5) is 0 Å². The van der Waals surface area contributed by atoms with Crippen molar-refractivity contribution in [1.82, 2.24) is 9.80 Å². The van der Waals surface area contributed by atoms with Crippen LogP contribution in [0.15, 0.2) is 24.3 Å². The van der Waals surface area contributed by atoms with Gasteiger partial charge in [-0.25, -0.2) is 0 Å². The average Bonchev–Trinajstić information content (AvgIpc) is 3.63. The van der Waals surface area contributed by atoms with Crippen molar-refractivity contribution in [1.29, 1.82) is 0 Å². The second-order valence-electron chi connectivity index (χ2n) is 7.91. The quantitative estimate of drug-likeness (QED) is 0.527. The fourth-order valence-electron chi connectivity index (χ4n) is 3.86. The third-order valence-electron chi connectivity index (χ3n) is 5.76. The molecule has 1 aliphatic carbocycles. The SMILES string of the molecule is CCOC(=O)C1CCN(C(=O)CCN(C(=O)COc2ccccc2OC)C2CC2)CC1. The van der Waals surface area contributed by atoms with E-state index in [4.69, 9.17) is 14.2 Å².